The van der Waals surface area contributed by atoms with Crippen LogP contribution in [0.15, 0.2) is 83.8 Å². The van der Waals surface area contributed by atoms with E-state index in [2.05, 4.69) is 10.6 Å². The van der Waals surface area contributed by atoms with Gasteiger partial charge >= 0.3 is 0 Å². The van der Waals surface area contributed by atoms with E-state index in [0.717, 1.165) is 4.31 Å². The van der Waals surface area contributed by atoms with E-state index in [1.165, 1.54) is 25.1 Å². The van der Waals surface area contributed by atoms with Crippen LogP contribution in [0.4, 0.5) is 17.1 Å². The van der Waals surface area contributed by atoms with E-state index in [4.69, 9.17) is 11.6 Å². The van der Waals surface area contributed by atoms with Gasteiger partial charge in [0.15, 0.2) is 0 Å². The fraction of sp³-hybridized carbons (Fsp3) is 0.0909. The fourth-order valence-corrected chi connectivity index (χ4v) is 4.49. The molecular formula is C22H20ClN3O4S. The third-order valence-electron chi connectivity index (χ3n) is 4.18. The van der Waals surface area contributed by atoms with Gasteiger partial charge in [0.05, 0.1) is 10.6 Å². The number of anilines is 3. The Morgan fingerprint density at radius 3 is 2.16 bits per heavy atom. The molecule has 2 N–H and O–H groups in total. The minimum Gasteiger partial charge on any atom is -0.326 e. The quantitative estimate of drug-likeness (QED) is 0.557. The number of nitrogens with one attached hydrogen (secondary N) is 2. The first-order valence-corrected chi connectivity index (χ1v) is 11.1. The summed E-state index contributed by atoms with van der Waals surface area (Å²) in [5, 5.41) is 5.63. The third-order valence-corrected chi connectivity index (χ3v) is 6.20. The Kier molecular flexibility index (Phi) is 6.94. The van der Waals surface area contributed by atoms with Crippen molar-refractivity contribution in [1.82, 2.24) is 0 Å². The second-order valence-electron chi connectivity index (χ2n) is 6.61. The largest absolute Gasteiger partial charge is 0.326 e. The van der Waals surface area contributed by atoms with Gasteiger partial charge in [-0.2, -0.15) is 0 Å². The summed E-state index contributed by atoms with van der Waals surface area (Å²) in [6.45, 7) is 0.907. The summed E-state index contributed by atoms with van der Waals surface area (Å²) in [5.41, 5.74) is 1.19. The number of rotatable bonds is 7. The van der Waals surface area contributed by atoms with Crippen molar-refractivity contribution in [3.8, 4) is 0 Å². The third kappa shape index (κ3) is 5.84. The molecule has 2 amide bonds. The Hall–Kier alpha value is -3.36. The molecule has 0 aliphatic rings. The molecule has 0 saturated carbocycles. The number of carbonyl (C=O) groups is 2. The number of hydrogen-bond donors (Lipinski definition) is 2. The number of sulfonamides is 1. The van der Waals surface area contributed by atoms with Crippen molar-refractivity contribution in [1.29, 1.82) is 0 Å². The molecule has 0 atom stereocenters. The zero-order valence-electron chi connectivity index (χ0n) is 16.6. The molecule has 9 heteroatoms. The smallest absolute Gasteiger partial charge is 0.264 e. The number of benzene rings is 3. The number of nitrogens with zero attached hydrogens (tertiary/aromatic N) is 1. The van der Waals surface area contributed by atoms with Crippen LogP contribution in [0, 0.1) is 0 Å². The first-order chi connectivity index (χ1) is 14.8. The van der Waals surface area contributed by atoms with Gasteiger partial charge in [-0.05, 0) is 48.5 Å². The summed E-state index contributed by atoms with van der Waals surface area (Å²) in [5.74, 6) is -0.802. The summed E-state index contributed by atoms with van der Waals surface area (Å²) in [6.07, 6.45) is 0. The van der Waals surface area contributed by atoms with Crippen LogP contribution in [-0.2, 0) is 19.6 Å². The van der Waals surface area contributed by atoms with Crippen LogP contribution in [0.25, 0.3) is 0 Å². The van der Waals surface area contributed by atoms with Crippen molar-refractivity contribution in [2.45, 2.75) is 11.8 Å². The summed E-state index contributed by atoms with van der Waals surface area (Å²) in [7, 11) is -4.03. The molecule has 0 heterocycles. The van der Waals surface area contributed by atoms with Crippen LogP contribution in [0.5, 0.6) is 0 Å². The van der Waals surface area contributed by atoms with Gasteiger partial charge in [-0.15, -0.1) is 0 Å². The molecule has 0 aliphatic carbocycles. The van der Waals surface area contributed by atoms with Crippen LogP contribution in [0.2, 0.25) is 5.02 Å². The normalized spacial score (nSPS) is 10.9. The van der Waals surface area contributed by atoms with E-state index in [1.54, 1.807) is 60.7 Å². The molecule has 3 rings (SSSR count). The molecule has 0 aliphatic heterocycles. The van der Waals surface area contributed by atoms with Gasteiger partial charge in [0.25, 0.3) is 10.0 Å². The zero-order valence-corrected chi connectivity index (χ0v) is 18.2. The lowest BCUT2D eigenvalue weighted by Gasteiger charge is -2.24. The van der Waals surface area contributed by atoms with E-state index < -0.39 is 22.5 Å². The Labute approximate surface area is 185 Å². The molecule has 3 aromatic rings. The molecule has 0 spiro atoms. The van der Waals surface area contributed by atoms with Crippen molar-refractivity contribution in [3.05, 3.63) is 83.9 Å². The summed E-state index contributed by atoms with van der Waals surface area (Å²) < 4.78 is 27.5. The van der Waals surface area contributed by atoms with Crippen LogP contribution in [0.3, 0.4) is 0 Å². The van der Waals surface area contributed by atoms with E-state index >= 15 is 0 Å². The number of halogens is 1. The Bertz CT molecular complexity index is 1200. The highest BCUT2D eigenvalue weighted by atomic mass is 35.5. The molecule has 160 valence electrons. The van der Waals surface area contributed by atoms with E-state index in [-0.39, 0.29) is 16.5 Å². The molecule has 3 aromatic carbocycles. The lowest BCUT2D eigenvalue weighted by molar-refractivity contribution is -0.115. The van der Waals surface area contributed by atoms with Crippen molar-refractivity contribution >= 4 is 50.5 Å². The van der Waals surface area contributed by atoms with Gasteiger partial charge in [0, 0.05) is 23.3 Å². The molecule has 0 fully saturated rings. The molecule has 0 saturated heterocycles. The molecule has 0 radical (unpaired) electrons. The number of carbonyl (C=O) groups excluding carboxylic acids is 2. The monoisotopic (exact) mass is 457 g/mol. The maximum Gasteiger partial charge on any atom is 0.264 e. The van der Waals surface area contributed by atoms with Crippen LogP contribution >= 0.6 is 11.6 Å². The van der Waals surface area contributed by atoms with Gasteiger partial charge in [-0.1, -0.05) is 41.9 Å². The molecular weight excluding hydrogens is 438 g/mol. The van der Waals surface area contributed by atoms with Gasteiger partial charge in [0.1, 0.15) is 6.54 Å². The van der Waals surface area contributed by atoms with E-state index in [9.17, 15) is 18.0 Å². The molecule has 0 bridgehead atoms. The Balaban J connectivity index is 1.89. The van der Waals surface area contributed by atoms with Gasteiger partial charge < -0.3 is 10.6 Å². The summed E-state index contributed by atoms with van der Waals surface area (Å²) >= 11 is 6.05. The molecule has 0 aromatic heterocycles. The SMILES string of the molecule is CC(=O)Nc1cccc(NC(=O)CN(c2cccc(Cl)c2)S(=O)(=O)c2ccccc2)c1. The van der Waals surface area contributed by atoms with E-state index in [1.807, 2.05) is 0 Å². The average Bonchev–Trinajstić information content (AvgIpc) is 2.72. The minimum absolute atomic E-state index is 0.0513. The molecule has 31 heavy (non-hydrogen) atoms. The van der Waals surface area contributed by atoms with Crippen molar-refractivity contribution < 1.29 is 18.0 Å². The van der Waals surface area contributed by atoms with Gasteiger partial charge in [-0.25, -0.2) is 8.42 Å². The second kappa shape index (κ2) is 9.63. The first kappa shape index (κ1) is 22.3. The average molecular weight is 458 g/mol. The van der Waals surface area contributed by atoms with E-state index in [0.29, 0.717) is 16.4 Å². The highest BCUT2D eigenvalue weighted by molar-refractivity contribution is 7.92. The number of amides is 2. The van der Waals surface area contributed by atoms with Gasteiger partial charge in [-0.3, -0.25) is 13.9 Å². The predicted molar refractivity (Wildman–Crippen MR) is 122 cm³/mol. The lowest BCUT2D eigenvalue weighted by Crippen LogP contribution is -2.38. The topological polar surface area (TPSA) is 95.6 Å². The van der Waals surface area contributed by atoms with Gasteiger partial charge in [0.2, 0.25) is 11.8 Å². The van der Waals surface area contributed by atoms with Crippen molar-refractivity contribution in [3.63, 3.8) is 0 Å². The van der Waals surface area contributed by atoms with Crippen LogP contribution < -0.4 is 14.9 Å². The fourth-order valence-electron chi connectivity index (χ4n) is 2.87. The van der Waals surface area contributed by atoms with Crippen molar-refractivity contribution in [2.75, 3.05) is 21.5 Å². The lowest BCUT2D eigenvalue weighted by atomic mass is 10.2. The summed E-state index contributed by atoms with van der Waals surface area (Å²) in [6, 6.07) is 20.7. The second-order valence-corrected chi connectivity index (χ2v) is 8.91. The van der Waals surface area contributed by atoms with Crippen molar-refractivity contribution in [2.24, 2.45) is 0 Å². The predicted octanol–water partition coefficient (Wildman–Crippen LogP) is 4.13. The highest BCUT2D eigenvalue weighted by Gasteiger charge is 2.27. The standard InChI is InChI=1S/C22H20ClN3O4S/c1-16(27)24-18-8-6-9-19(14-18)25-22(28)15-26(20-10-5-7-17(23)13-20)31(29,30)21-11-3-2-4-12-21/h2-14H,15H2,1H3,(H,24,27)(H,25,28). The number of hydrogen-bond acceptors (Lipinski definition) is 4. The summed E-state index contributed by atoms with van der Waals surface area (Å²) in [4.78, 5) is 24.0. The maximum absolute atomic E-state index is 13.3. The Morgan fingerprint density at radius 1 is 0.871 bits per heavy atom. The maximum atomic E-state index is 13.3. The Morgan fingerprint density at radius 2 is 1.52 bits per heavy atom. The zero-order chi connectivity index (χ0) is 22.4. The van der Waals surface area contributed by atoms with Crippen LogP contribution in [-0.4, -0.2) is 26.8 Å². The highest BCUT2D eigenvalue weighted by Crippen LogP contribution is 2.26. The first-order valence-electron chi connectivity index (χ1n) is 9.26. The minimum atomic E-state index is -4.03. The molecule has 7 nitrogen and oxygen atoms in total. The van der Waals surface area contributed by atoms with Crippen LogP contribution in [0.1, 0.15) is 6.92 Å². The molecule has 0 unspecified atom stereocenters.